The molecule has 0 radical (unpaired) electrons. The van der Waals surface area contributed by atoms with Crippen molar-refractivity contribution in [3.8, 4) is 0 Å². The molecule has 5 rings (SSSR count). The average Bonchev–Trinajstić information content (AvgIpc) is 3.54. The standard InChI is InChI=1S/C25H31N3O4/c1-15(2)28-21(23(30)27-17-10-6-7-11-17)25-13-12-18(32-25)19(20(25)24(28)31)22(29)26-14-16-8-4-3-5-9-16/h3-5,8-9,12-13,15,17-21H,6-7,10-11,14H2,1-2H3,(H,26,29)(H,27,30)/t18-,19+,20-,21-,25-/m1/s1. The molecule has 3 heterocycles. The Morgan fingerprint density at radius 1 is 1.16 bits per heavy atom. The first-order valence-electron chi connectivity index (χ1n) is 11.7. The zero-order valence-corrected chi connectivity index (χ0v) is 18.6. The normalized spacial score (nSPS) is 33.2. The third-order valence-corrected chi connectivity index (χ3v) is 7.43. The van der Waals surface area contributed by atoms with Gasteiger partial charge in [-0.2, -0.15) is 0 Å². The molecular weight excluding hydrogens is 406 g/mol. The van der Waals surface area contributed by atoms with Gasteiger partial charge in [0.1, 0.15) is 11.6 Å². The number of carbonyl (C=O) groups is 3. The van der Waals surface area contributed by atoms with E-state index in [-0.39, 0.29) is 29.8 Å². The predicted molar refractivity (Wildman–Crippen MR) is 118 cm³/mol. The van der Waals surface area contributed by atoms with Gasteiger partial charge in [0.15, 0.2) is 0 Å². The lowest BCUT2D eigenvalue weighted by molar-refractivity contribution is -0.143. The molecule has 1 aromatic rings. The summed E-state index contributed by atoms with van der Waals surface area (Å²) in [7, 11) is 0. The van der Waals surface area contributed by atoms with Crippen LogP contribution < -0.4 is 10.6 Å². The van der Waals surface area contributed by atoms with Crippen molar-refractivity contribution in [1.29, 1.82) is 0 Å². The molecule has 2 bridgehead atoms. The van der Waals surface area contributed by atoms with E-state index in [0.29, 0.717) is 6.54 Å². The number of fused-ring (bicyclic) bond motifs is 1. The first-order valence-corrected chi connectivity index (χ1v) is 11.7. The van der Waals surface area contributed by atoms with Gasteiger partial charge in [-0.1, -0.05) is 55.3 Å². The van der Waals surface area contributed by atoms with Gasteiger partial charge >= 0.3 is 0 Å². The number of carbonyl (C=O) groups excluding carboxylic acids is 3. The quantitative estimate of drug-likeness (QED) is 0.666. The maximum atomic E-state index is 13.6. The van der Waals surface area contributed by atoms with E-state index in [0.717, 1.165) is 31.2 Å². The Morgan fingerprint density at radius 2 is 1.88 bits per heavy atom. The Morgan fingerprint density at radius 3 is 2.56 bits per heavy atom. The van der Waals surface area contributed by atoms with Gasteiger partial charge in [0.25, 0.3) is 0 Å². The van der Waals surface area contributed by atoms with Crippen LogP contribution in [-0.2, 0) is 25.7 Å². The van der Waals surface area contributed by atoms with Crippen LogP contribution in [-0.4, -0.2) is 52.5 Å². The van der Waals surface area contributed by atoms with Crippen molar-refractivity contribution < 1.29 is 19.1 Å². The van der Waals surface area contributed by atoms with Crippen LogP contribution in [0.1, 0.15) is 45.1 Å². The fourth-order valence-corrected chi connectivity index (χ4v) is 6.01. The highest BCUT2D eigenvalue weighted by Gasteiger charge is 2.73. The molecule has 0 aromatic heterocycles. The number of benzene rings is 1. The summed E-state index contributed by atoms with van der Waals surface area (Å²) >= 11 is 0. The second kappa shape index (κ2) is 8.03. The first-order chi connectivity index (χ1) is 15.4. The molecule has 1 aliphatic carbocycles. The third-order valence-electron chi connectivity index (χ3n) is 7.43. The van der Waals surface area contributed by atoms with Gasteiger partial charge in [-0.05, 0) is 32.3 Å². The van der Waals surface area contributed by atoms with Gasteiger partial charge in [-0.25, -0.2) is 0 Å². The number of nitrogens with zero attached hydrogens (tertiary/aromatic N) is 1. The smallest absolute Gasteiger partial charge is 0.246 e. The van der Waals surface area contributed by atoms with Crippen LogP contribution in [0.5, 0.6) is 0 Å². The van der Waals surface area contributed by atoms with E-state index >= 15 is 0 Å². The van der Waals surface area contributed by atoms with Crippen molar-refractivity contribution in [2.75, 3.05) is 0 Å². The molecule has 4 aliphatic rings. The summed E-state index contributed by atoms with van der Waals surface area (Å²) < 4.78 is 6.32. The van der Waals surface area contributed by atoms with Crippen LogP contribution in [0, 0.1) is 11.8 Å². The molecule has 2 saturated heterocycles. The molecule has 7 nitrogen and oxygen atoms in total. The fraction of sp³-hybridized carbons (Fsp3) is 0.560. The van der Waals surface area contributed by atoms with E-state index in [4.69, 9.17) is 4.74 Å². The highest BCUT2D eigenvalue weighted by atomic mass is 16.5. The molecule has 32 heavy (non-hydrogen) atoms. The minimum absolute atomic E-state index is 0.148. The molecule has 5 atom stereocenters. The average molecular weight is 438 g/mol. The summed E-state index contributed by atoms with van der Waals surface area (Å²) in [6.07, 6.45) is 7.38. The van der Waals surface area contributed by atoms with E-state index in [1.807, 2.05) is 56.3 Å². The number of amides is 3. The second-order valence-corrected chi connectivity index (χ2v) is 9.73. The topological polar surface area (TPSA) is 87.7 Å². The molecule has 0 unspecified atom stereocenters. The summed E-state index contributed by atoms with van der Waals surface area (Å²) in [6.45, 7) is 4.21. The fourth-order valence-electron chi connectivity index (χ4n) is 6.01. The SMILES string of the molecule is CC(C)N1C(=O)[C@H]2[C@@H](C(=O)NCc3ccccc3)[C@H]3C=C[C@]2(O3)[C@H]1C(=O)NC1CCCC1. The lowest BCUT2D eigenvalue weighted by atomic mass is 9.74. The van der Waals surface area contributed by atoms with Crippen molar-refractivity contribution in [3.05, 3.63) is 48.0 Å². The second-order valence-electron chi connectivity index (χ2n) is 9.73. The molecule has 3 amide bonds. The van der Waals surface area contributed by atoms with Crippen molar-refractivity contribution in [2.24, 2.45) is 11.8 Å². The highest BCUT2D eigenvalue weighted by Crippen LogP contribution is 2.55. The third kappa shape index (κ3) is 3.25. The van der Waals surface area contributed by atoms with Crippen molar-refractivity contribution in [1.82, 2.24) is 15.5 Å². The Balaban J connectivity index is 1.40. The van der Waals surface area contributed by atoms with Crippen LogP contribution >= 0.6 is 0 Å². The molecular formula is C25H31N3O4. The van der Waals surface area contributed by atoms with Gasteiger partial charge in [0.05, 0.1) is 17.9 Å². The molecule has 2 N–H and O–H groups in total. The lowest BCUT2D eigenvalue weighted by Crippen LogP contribution is -2.57. The van der Waals surface area contributed by atoms with Crippen LogP contribution in [0.15, 0.2) is 42.5 Å². The van der Waals surface area contributed by atoms with Crippen LogP contribution in [0.25, 0.3) is 0 Å². The van der Waals surface area contributed by atoms with E-state index in [9.17, 15) is 14.4 Å². The van der Waals surface area contributed by atoms with Gasteiger partial charge in [-0.15, -0.1) is 0 Å². The maximum Gasteiger partial charge on any atom is 0.246 e. The molecule has 1 aromatic carbocycles. The van der Waals surface area contributed by atoms with Crippen molar-refractivity contribution >= 4 is 17.7 Å². The zero-order chi connectivity index (χ0) is 22.5. The van der Waals surface area contributed by atoms with E-state index < -0.39 is 29.6 Å². The number of rotatable bonds is 6. The van der Waals surface area contributed by atoms with Gasteiger partial charge in [0, 0.05) is 18.6 Å². The van der Waals surface area contributed by atoms with E-state index in [1.165, 1.54) is 0 Å². The monoisotopic (exact) mass is 437 g/mol. The van der Waals surface area contributed by atoms with E-state index in [1.54, 1.807) is 4.90 Å². The Labute approximate surface area is 188 Å². The predicted octanol–water partition coefficient (Wildman–Crippen LogP) is 1.92. The number of likely N-dealkylation sites (tertiary alicyclic amines) is 1. The van der Waals surface area contributed by atoms with Crippen LogP contribution in [0.3, 0.4) is 0 Å². The number of ether oxygens (including phenoxy) is 1. The minimum atomic E-state index is -1.08. The number of nitrogens with one attached hydrogen (secondary N) is 2. The molecule has 1 spiro atoms. The number of hydrogen-bond donors (Lipinski definition) is 2. The van der Waals surface area contributed by atoms with Crippen LogP contribution in [0.4, 0.5) is 0 Å². The Hall–Kier alpha value is -2.67. The summed E-state index contributed by atoms with van der Waals surface area (Å²) in [6, 6.07) is 8.89. The van der Waals surface area contributed by atoms with Crippen LogP contribution in [0.2, 0.25) is 0 Å². The summed E-state index contributed by atoms with van der Waals surface area (Å²) in [5.41, 5.74) is -0.0886. The van der Waals surface area contributed by atoms with Crippen molar-refractivity contribution in [3.63, 3.8) is 0 Å². The zero-order valence-electron chi connectivity index (χ0n) is 18.6. The van der Waals surface area contributed by atoms with E-state index in [2.05, 4.69) is 10.6 Å². The van der Waals surface area contributed by atoms with Gasteiger partial charge in [-0.3, -0.25) is 14.4 Å². The molecule has 7 heteroatoms. The molecule has 3 fully saturated rings. The Kier molecular flexibility index (Phi) is 5.32. The summed E-state index contributed by atoms with van der Waals surface area (Å²) in [4.78, 5) is 41.9. The highest BCUT2D eigenvalue weighted by molar-refractivity contribution is 6.00. The van der Waals surface area contributed by atoms with Gasteiger partial charge < -0.3 is 20.3 Å². The number of hydrogen-bond acceptors (Lipinski definition) is 4. The lowest BCUT2D eigenvalue weighted by Gasteiger charge is -2.34. The minimum Gasteiger partial charge on any atom is -0.359 e. The Bertz CT molecular complexity index is 940. The summed E-state index contributed by atoms with van der Waals surface area (Å²) in [5, 5.41) is 6.14. The first kappa shape index (κ1) is 21.2. The molecule has 1 saturated carbocycles. The summed E-state index contributed by atoms with van der Waals surface area (Å²) in [5.74, 6) is -1.86. The van der Waals surface area contributed by atoms with Gasteiger partial charge in [0.2, 0.25) is 17.7 Å². The maximum absolute atomic E-state index is 13.6. The molecule has 170 valence electrons. The van der Waals surface area contributed by atoms with Crippen molar-refractivity contribution in [2.45, 2.75) is 75.9 Å². The molecule has 3 aliphatic heterocycles. The largest absolute Gasteiger partial charge is 0.359 e.